The van der Waals surface area contributed by atoms with Crippen LogP contribution in [0.25, 0.3) is 0 Å². The summed E-state index contributed by atoms with van der Waals surface area (Å²) in [5.41, 5.74) is 1.41. The van der Waals surface area contributed by atoms with Gasteiger partial charge in [-0.25, -0.2) is 4.39 Å². The van der Waals surface area contributed by atoms with Crippen LogP contribution in [0.4, 0.5) is 4.39 Å². The van der Waals surface area contributed by atoms with Gasteiger partial charge in [-0.15, -0.1) is 0 Å². The van der Waals surface area contributed by atoms with E-state index in [1.54, 1.807) is 12.1 Å². The van der Waals surface area contributed by atoms with Gasteiger partial charge in [0.15, 0.2) is 0 Å². The Bertz CT molecular complexity index is 435. The molecule has 0 radical (unpaired) electrons. The Hall–Kier alpha value is -0.890. The summed E-state index contributed by atoms with van der Waals surface area (Å²) in [5.74, 6) is 2.01. The van der Waals surface area contributed by atoms with Gasteiger partial charge in [0.2, 0.25) is 0 Å². The van der Waals surface area contributed by atoms with E-state index in [0.29, 0.717) is 5.92 Å². The lowest BCUT2D eigenvalue weighted by Gasteiger charge is -2.35. The van der Waals surface area contributed by atoms with Gasteiger partial charge in [0.25, 0.3) is 0 Å². The number of hydrogen-bond donors (Lipinski definition) is 0. The van der Waals surface area contributed by atoms with Crippen molar-refractivity contribution in [3.63, 3.8) is 0 Å². The molecule has 2 bridgehead atoms. The van der Waals surface area contributed by atoms with E-state index in [1.165, 1.54) is 31.2 Å². The number of fused-ring (bicyclic) bond motifs is 3. The Kier molecular flexibility index (Phi) is 1.97. The second-order valence-electron chi connectivity index (χ2n) is 5.96. The topological polar surface area (TPSA) is 12.5 Å². The molecule has 1 aromatic carbocycles. The molecule has 0 aromatic heterocycles. The van der Waals surface area contributed by atoms with Gasteiger partial charge >= 0.3 is 0 Å². The van der Waals surface area contributed by atoms with E-state index in [-0.39, 0.29) is 11.4 Å². The summed E-state index contributed by atoms with van der Waals surface area (Å²) in [6.07, 6.45) is 5.30. The van der Waals surface area contributed by atoms with Crippen molar-refractivity contribution in [3.05, 3.63) is 35.6 Å². The van der Waals surface area contributed by atoms with Crippen molar-refractivity contribution in [2.75, 3.05) is 6.61 Å². The normalized spacial score (nSPS) is 43.0. The molecule has 3 fully saturated rings. The summed E-state index contributed by atoms with van der Waals surface area (Å²) in [6.45, 7) is 0.923. The number of benzene rings is 1. The molecule has 90 valence electrons. The molecule has 4 rings (SSSR count). The lowest BCUT2D eigenvalue weighted by Crippen LogP contribution is -2.34. The lowest BCUT2D eigenvalue weighted by molar-refractivity contribution is 0.139. The highest BCUT2D eigenvalue weighted by Crippen LogP contribution is 2.61. The average molecular weight is 232 g/mol. The van der Waals surface area contributed by atoms with E-state index in [4.69, 9.17) is 4.74 Å². The van der Waals surface area contributed by atoms with Crippen molar-refractivity contribution >= 4 is 0 Å². The van der Waals surface area contributed by atoms with Crippen molar-refractivity contribution in [2.45, 2.75) is 37.2 Å². The predicted molar refractivity (Wildman–Crippen MR) is 63.3 cm³/mol. The van der Waals surface area contributed by atoms with Crippen LogP contribution in [0.3, 0.4) is 0 Å². The molecule has 1 nitrogen and oxygen atoms in total. The van der Waals surface area contributed by atoms with Crippen LogP contribution in [-0.4, -0.2) is 12.2 Å². The van der Waals surface area contributed by atoms with Crippen LogP contribution in [0, 0.1) is 17.7 Å². The highest BCUT2D eigenvalue weighted by atomic mass is 19.1. The molecule has 1 aromatic rings. The second kappa shape index (κ2) is 3.32. The molecule has 1 aliphatic heterocycles. The number of halogens is 1. The van der Waals surface area contributed by atoms with Crippen molar-refractivity contribution in [2.24, 2.45) is 11.8 Å². The summed E-state index contributed by atoms with van der Waals surface area (Å²) in [4.78, 5) is 0. The largest absolute Gasteiger partial charge is 0.369 e. The molecule has 1 spiro atoms. The molecule has 17 heavy (non-hydrogen) atoms. The number of rotatable bonds is 1. The smallest absolute Gasteiger partial charge is 0.123 e. The standard InChI is InChI=1S/C15H17FO/c16-13-5-2-11(3-6-13)14-8-10-1-4-12(7-10)15(14)9-17-15/h2-3,5-6,10,12,14H,1,4,7-9H2. The summed E-state index contributed by atoms with van der Waals surface area (Å²) in [7, 11) is 0. The van der Waals surface area contributed by atoms with Crippen molar-refractivity contribution in [3.8, 4) is 0 Å². The van der Waals surface area contributed by atoms with Crippen molar-refractivity contribution in [1.29, 1.82) is 0 Å². The molecule has 2 heteroatoms. The maximum Gasteiger partial charge on any atom is 0.123 e. The van der Waals surface area contributed by atoms with Gasteiger partial charge in [0, 0.05) is 5.92 Å². The summed E-state index contributed by atoms with van der Waals surface area (Å²) in [5, 5.41) is 0. The van der Waals surface area contributed by atoms with Crippen LogP contribution in [0.5, 0.6) is 0 Å². The van der Waals surface area contributed by atoms with Crippen LogP contribution in [0.1, 0.15) is 37.2 Å². The fourth-order valence-corrected chi connectivity index (χ4v) is 4.18. The second-order valence-corrected chi connectivity index (χ2v) is 5.96. The van der Waals surface area contributed by atoms with Crippen LogP contribution in [-0.2, 0) is 4.74 Å². The zero-order chi connectivity index (χ0) is 11.5. The number of hydrogen-bond acceptors (Lipinski definition) is 1. The highest BCUT2D eigenvalue weighted by molar-refractivity contribution is 5.29. The van der Waals surface area contributed by atoms with Crippen molar-refractivity contribution in [1.82, 2.24) is 0 Å². The van der Waals surface area contributed by atoms with Gasteiger partial charge in [-0.3, -0.25) is 0 Å². The van der Waals surface area contributed by atoms with E-state index in [1.807, 2.05) is 12.1 Å². The van der Waals surface area contributed by atoms with Gasteiger partial charge < -0.3 is 4.74 Å². The fraction of sp³-hybridized carbons (Fsp3) is 0.600. The van der Waals surface area contributed by atoms with E-state index in [0.717, 1.165) is 18.4 Å². The molecule has 3 aliphatic rings. The van der Waals surface area contributed by atoms with Gasteiger partial charge in [-0.1, -0.05) is 18.6 Å². The van der Waals surface area contributed by atoms with Crippen molar-refractivity contribution < 1.29 is 9.13 Å². The minimum atomic E-state index is -0.140. The molecule has 1 saturated heterocycles. The number of epoxide rings is 1. The SMILES string of the molecule is Fc1ccc(C2CC3CCC(C3)C23CO3)cc1. The minimum absolute atomic E-state index is 0.130. The Balaban J connectivity index is 1.71. The Morgan fingerprint density at radius 1 is 1.12 bits per heavy atom. The van der Waals surface area contributed by atoms with E-state index in [2.05, 4.69) is 0 Å². The van der Waals surface area contributed by atoms with Gasteiger partial charge in [-0.05, 0) is 48.8 Å². The Morgan fingerprint density at radius 3 is 2.59 bits per heavy atom. The average Bonchev–Trinajstić information content (AvgIpc) is 3.03. The van der Waals surface area contributed by atoms with Gasteiger partial charge in [0.1, 0.15) is 11.4 Å². The van der Waals surface area contributed by atoms with E-state index < -0.39 is 0 Å². The third kappa shape index (κ3) is 1.40. The highest BCUT2D eigenvalue weighted by Gasteiger charge is 2.61. The fourth-order valence-electron chi connectivity index (χ4n) is 4.18. The monoisotopic (exact) mass is 232 g/mol. The quantitative estimate of drug-likeness (QED) is 0.675. The predicted octanol–water partition coefficient (Wildman–Crippen LogP) is 3.50. The minimum Gasteiger partial charge on any atom is -0.369 e. The first-order valence-corrected chi connectivity index (χ1v) is 6.67. The molecule has 4 atom stereocenters. The molecule has 1 heterocycles. The van der Waals surface area contributed by atoms with E-state index >= 15 is 0 Å². The first-order valence-electron chi connectivity index (χ1n) is 6.67. The number of ether oxygens (including phenoxy) is 1. The van der Waals surface area contributed by atoms with Crippen LogP contribution in [0.2, 0.25) is 0 Å². The molecule has 2 saturated carbocycles. The van der Waals surface area contributed by atoms with Crippen LogP contribution < -0.4 is 0 Å². The molecular formula is C15H17FO. The lowest BCUT2D eigenvalue weighted by atomic mass is 9.69. The Morgan fingerprint density at radius 2 is 1.88 bits per heavy atom. The third-order valence-corrected chi connectivity index (χ3v) is 5.14. The third-order valence-electron chi connectivity index (χ3n) is 5.14. The summed E-state index contributed by atoms with van der Waals surface area (Å²) in [6, 6.07) is 7.08. The van der Waals surface area contributed by atoms with E-state index in [9.17, 15) is 4.39 Å². The Labute approximate surface area is 101 Å². The van der Waals surface area contributed by atoms with Crippen LogP contribution >= 0.6 is 0 Å². The molecule has 4 unspecified atom stereocenters. The first kappa shape index (κ1) is 10.1. The molecule has 0 N–H and O–H groups in total. The van der Waals surface area contributed by atoms with Gasteiger partial charge in [0.05, 0.1) is 6.61 Å². The molecule has 2 aliphatic carbocycles. The molecule has 0 amide bonds. The van der Waals surface area contributed by atoms with Crippen LogP contribution in [0.15, 0.2) is 24.3 Å². The summed E-state index contributed by atoms with van der Waals surface area (Å²) >= 11 is 0. The maximum atomic E-state index is 13.0. The zero-order valence-corrected chi connectivity index (χ0v) is 9.86. The maximum absolute atomic E-state index is 13.0. The molecular weight excluding hydrogens is 215 g/mol. The summed E-state index contributed by atoms with van der Waals surface area (Å²) < 4.78 is 18.9. The zero-order valence-electron chi connectivity index (χ0n) is 9.86. The first-order chi connectivity index (χ1) is 8.28. The van der Waals surface area contributed by atoms with Gasteiger partial charge in [-0.2, -0.15) is 0 Å².